The molecule has 0 spiro atoms. The lowest BCUT2D eigenvalue weighted by atomic mass is 9.69. The Kier molecular flexibility index (Phi) is 10.1. The molecule has 6 rings (SSSR count). The van der Waals surface area contributed by atoms with Crippen LogP contribution < -0.4 is 10.2 Å². The minimum Gasteiger partial charge on any atom is -0.378 e. The highest BCUT2D eigenvalue weighted by molar-refractivity contribution is 8.00. The van der Waals surface area contributed by atoms with Crippen molar-refractivity contribution in [3.05, 3.63) is 83.4 Å². The highest BCUT2D eigenvalue weighted by Crippen LogP contribution is 2.45. The van der Waals surface area contributed by atoms with E-state index < -0.39 is 34.8 Å². The average molecular weight is 713 g/mol. The molecular formula is C34H35F3N6O6S. The van der Waals surface area contributed by atoms with Gasteiger partial charge < -0.3 is 24.6 Å². The van der Waals surface area contributed by atoms with E-state index in [2.05, 4.69) is 15.3 Å². The second-order valence-electron chi connectivity index (χ2n) is 12.2. The molecule has 3 aliphatic heterocycles. The summed E-state index contributed by atoms with van der Waals surface area (Å²) in [5.74, 6) is -2.81. The van der Waals surface area contributed by atoms with Crippen LogP contribution >= 0.6 is 11.8 Å². The summed E-state index contributed by atoms with van der Waals surface area (Å²) in [7, 11) is 0. The molecular weight excluding hydrogens is 677 g/mol. The highest BCUT2D eigenvalue weighted by Gasteiger charge is 2.59. The zero-order valence-corrected chi connectivity index (χ0v) is 28.1. The summed E-state index contributed by atoms with van der Waals surface area (Å²) < 4.78 is 49.7. The largest absolute Gasteiger partial charge is 0.446 e. The van der Waals surface area contributed by atoms with Gasteiger partial charge in [0, 0.05) is 55.3 Å². The highest BCUT2D eigenvalue weighted by atomic mass is 32.2. The number of carbonyl (C=O) groups excluding carboxylic acids is 4. The van der Waals surface area contributed by atoms with Crippen molar-refractivity contribution < 1.29 is 41.8 Å². The van der Waals surface area contributed by atoms with Crippen LogP contribution in [0.3, 0.4) is 0 Å². The van der Waals surface area contributed by atoms with Crippen molar-refractivity contribution >= 4 is 41.2 Å². The zero-order chi connectivity index (χ0) is 35.6. The Morgan fingerprint density at radius 3 is 1.70 bits per heavy atom. The minimum atomic E-state index is -4.51. The minimum absolute atomic E-state index is 0.0797. The number of carbonyl (C=O) groups is 4. The summed E-state index contributed by atoms with van der Waals surface area (Å²) in [4.78, 5) is 68.0. The fourth-order valence-electron chi connectivity index (χ4n) is 6.61. The summed E-state index contributed by atoms with van der Waals surface area (Å²) >= 11 is -0.306. The van der Waals surface area contributed by atoms with E-state index in [1.807, 2.05) is 0 Å². The van der Waals surface area contributed by atoms with Gasteiger partial charge in [-0.2, -0.15) is 13.2 Å². The average Bonchev–Trinajstić information content (AvgIpc) is 3.40. The van der Waals surface area contributed by atoms with E-state index in [1.165, 1.54) is 36.7 Å². The summed E-state index contributed by atoms with van der Waals surface area (Å²) in [6, 6.07) is 10.7. The van der Waals surface area contributed by atoms with Gasteiger partial charge >= 0.3 is 11.5 Å². The fourth-order valence-corrected chi connectivity index (χ4v) is 7.15. The number of nitrogens with one attached hydrogen (secondary N) is 1. The first-order valence-corrected chi connectivity index (χ1v) is 16.9. The molecule has 0 bridgehead atoms. The Labute approximate surface area is 290 Å². The van der Waals surface area contributed by atoms with Crippen LogP contribution in [0.2, 0.25) is 0 Å². The summed E-state index contributed by atoms with van der Waals surface area (Å²) in [5, 5.41) is 2.93. The SMILES string of the molecule is CC(c1ccnc(C(=O)N2CCOCC2)c1)C1(C(C)c2ccnc(C(=O)N3CCOCC3)c2)NC(=O)N(c2ccc(SC(F)(F)F)cc2)C1=O. The summed E-state index contributed by atoms with van der Waals surface area (Å²) in [6.45, 7) is 6.70. The van der Waals surface area contributed by atoms with Crippen LogP contribution in [0.4, 0.5) is 23.7 Å². The number of halogens is 3. The molecule has 3 saturated heterocycles. The second-order valence-corrected chi connectivity index (χ2v) is 13.3. The first kappa shape index (κ1) is 35.3. The number of pyridine rings is 2. The first-order valence-electron chi connectivity index (χ1n) is 16.1. The molecule has 1 aromatic carbocycles. The molecule has 12 nitrogen and oxygen atoms in total. The third-order valence-corrected chi connectivity index (χ3v) is 10.1. The van der Waals surface area contributed by atoms with Crippen LogP contribution in [-0.4, -0.2) is 107 Å². The third-order valence-electron chi connectivity index (χ3n) is 9.37. The van der Waals surface area contributed by atoms with Crippen LogP contribution in [0.1, 0.15) is 57.8 Å². The van der Waals surface area contributed by atoms with Gasteiger partial charge in [0.25, 0.3) is 17.7 Å². The predicted octanol–water partition coefficient (Wildman–Crippen LogP) is 4.44. The quantitative estimate of drug-likeness (QED) is 0.266. The molecule has 5 amide bonds. The standard InChI is InChI=1S/C34H35F3N6O6S/c1-21(23-7-9-38-27(19-23)29(44)41-11-15-48-16-12-41)33(22(2)24-8-10-39-28(20-24)30(45)42-13-17-49-18-14-42)31(46)43(32(47)40-33)25-3-5-26(6-4-25)50-34(35,36)37/h3-10,19-22H,11-18H2,1-2H3,(H,40,47). The van der Waals surface area contributed by atoms with Crippen LogP contribution in [-0.2, 0) is 14.3 Å². The molecule has 0 aliphatic carbocycles. The fraction of sp³-hybridized carbons (Fsp3) is 0.412. The number of thioether (sulfide) groups is 1. The number of alkyl halides is 3. The van der Waals surface area contributed by atoms with Crippen molar-refractivity contribution in [2.24, 2.45) is 0 Å². The number of hydrogen-bond donors (Lipinski definition) is 1. The zero-order valence-electron chi connectivity index (χ0n) is 27.3. The molecule has 0 saturated carbocycles. The molecule has 16 heteroatoms. The van der Waals surface area contributed by atoms with Crippen LogP contribution in [0.15, 0.2) is 65.8 Å². The van der Waals surface area contributed by atoms with Crippen molar-refractivity contribution in [2.45, 2.75) is 41.6 Å². The lowest BCUT2D eigenvalue weighted by Crippen LogP contribution is -2.55. The Hall–Kier alpha value is -4.54. The number of amides is 5. The lowest BCUT2D eigenvalue weighted by molar-refractivity contribution is -0.123. The van der Waals surface area contributed by atoms with Crippen LogP contribution in [0, 0.1) is 0 Å². The van der Waals surface area contributed by atoms with Gasteiger partial charge in [-0.25, -0.2) is 9.69 Å². The molecule has 5 heterocycles. The van der Waals surface area contributed by atoms with Crippen molar-refractivity contribution in [3.63, 3.8) is 0 Å². The number of aromatic nitrogens is 2. The first-order chi connectivity index (χ1) is 23.9. The van der Waals surface area contributed by atoms with Crippen molar-refractivity contribution in [2.75, 3.05) is 57.5 Å². The normalized spacial score (nSPS) is 21.2. The Bertz CT molecular complexity index is 1690. The maximum Gasteiger partial charge on any atom is 0.446 e. The number of anilines is 1. The Balaban J connectivity index is 1.39. The molecule has 2 atom stereocenters. The van der Waals surface area contributed by atoms with Crippen molar-refractivity contribution in [3.8, 4) is 0 Å². The topological polar surface area (TPSA) is 134 Å². The van der Waals surface area contributed by atoms with E-state index in [1.54, 1.807) is 47.9 Å². The molecule has 2 unspecified atom stereocenters. The van der Waals surface area contributed by atoms with E-state index in [0.29, 0.717) is 63.7 Å². The monoisotopic (exact) mass is 712 g/mol. The lowest BCUT2D eigenvalue weighted by Gasteiger charge is -2.39. The Morgan fingerprint density at radius 1 is 0.800 bits per heavy atom. The second kappa shape index (κ2) is 14.4. The van der Waals surface area contributed by atoms with E-state index in [-0.39, 0.29) is 45.5 Å². The van der Waals surface area contributed by atoms with Crippen LogP contribution in [0.5, 0.6) is 0 Å². The van der Waals surface area contributed by atoms with E-state index in [9.17, 15) is 32.3 Å². The molecule has 2 aromatic heterocycles. The van der Waals surface area contributed by atoms with Gasteiger partial charge in [-0.1, -0.05) is 13.8 Å². The number of morpholine rings is 2. The Morgan fingerprint density at radius 2 is 1.26 bits per heavy atom. The molecule has 3 aliphatic rings. The number of hydrogen-bond acceptors (Lipinski definition) is 9. The molecule has 3 aromatic rings. The number of benzene rings is 1. The molecule has 50 heavy (non-hydrogen) atoms. The third kappa shape index (κ3) is 7.04. The maximum atomic E-state index is 14.8. The van der Waals surface area contributed by atoms with E-state index in [4.69, 9.17) is 9.47 Å². The number of ether oxygens (including phenoxy) is 2. The van der Waals surface area contributed by atoms with Crippen molar-refractivity contribution in [1.29, 1.82) is 0 Å². The van der Waals surface area contributed by atoms with Gasteiger partial charge in [0.15, 0.2) is 0 Å². The number of rotatable bonds is 8. The molecule has 1 N–H and O–H groups in total. The smallest absolute Gasteiger partial charge is 0.378 e. The van der Waals surface area contributed by atoms with Gasteiger partial charge in [0.1, 0.15) is 16.9 Å². The summed E-state index contributed by atoms with van der Waals surface area (Å²) in [5.41, 5.74) is -4.72. The van der Waals surface area contributed by atoms with Crippen molar-refractivity contribution in [1.82, 2.24) is 25.1 Å². The van der Waals surface area contributed by atoms with Gasteiger partial charge in [-0.05, 0) is 71.4 Å². The number of nitrogens with zero attached hydrogens (tertiary/aromatic N) is 5. The molecule has 3 fully saturated rings. The van der Waals surface area contributed by atoms with Gasteiger partial charge in [-0.15, -0.1) is 0 Å². The molecule has 264 valence electrons. The van der Waals surface area contributed by atoms with Crippen LogP contribution in [0.25, 0.3) is 0 Å². The summed E-state index contributed by atoms with van der Waals surface area (Å²) in [6.07, 6.45) is 2.94. The maximum absolute atomic E-state index is 14.8. The number of imide groups is 1. The predicted molar refractivity (Wildman–Crippen MR) is 176 cm³/mol. The molecule has 0 radical (unpaired) electrons. The van der Waals surface area contributed by atoms with E-state index >= 15 is 0 Å². The van der Waals surface area contributed by atoms with Gasteiger partial charge in [0.05, 0.1) is 32.1 Å². The number of urea groups is 1. The van der Waals surface area contributed by atoms with Gasteiger partial charge in [-0.3, -0.25) is 24.4 Å². The van der Waals surface area contributed by atoms with Gasteiger partial charge in [0.2, 0.25) is 0 Å². The van der Waals surface area contributed by atoms with E-state index in [0.717, 1.165) is 4.90 Å².